The molecule has 4 heterocycles. The Morgan fingerprint density at radius 2 is 2.04 bits per heavy atom. The maximum atomic E-state index is 12.4. The standard InChI is InChI=1S/C18H24N6O3/c25-17-3-2-16(23-6-1-5-19-23)20-24(17)12-9-21-7-10-22(11-8-21)18(26)15-4-13-27-14-15/h1-3,5-6,15H,4,7-14H2. The lowest BCUT2D eigenvalue weighted by Crippen LogP contribution is -2.51. The van der Waals surface area contributed by atoms with Gasteiger partial charge in [0.05, 0.1) is 19.1 Å². The minimum atomic E-state index is -0.124. The lowest BCUT2D eigenvalue weighted by Gasteiger charge is -2.35. The number of carbonyl (C=O) groups excluding carboxylic acids is 1. The quantitative estimate of drug-likeness (QED) is 0.711. The van der Waals surface area contributed by atoms with Crippen LogP contribution in [-0.2, 0) is 16.1 Å². The van der Waals surface area contributed by atoms with Gasteiger partial charge < -0.3 is 9.64 Å². The van der Waals surface area contributed by atoms with Crippen LogP contribution in [0.5, 0.6) is 0 Å². The molecule has 2 aliphatic rings. The molecule has 1 amide bonds. The van der Waals surface area contributed by atoms with Gasteiger partial charge in [-0.3, -0.25) is 14.5 Å². The largest absolute Gasteiger partial charge is 0.381 e. The van der Waals surface area contributed by atoms with Crippen LogP contribution >= 0.6 is 0 Å². The molecule has 144 valence electrons. The van der Waals surface area contributed by atoms with Gasteiger partial charge in [-0.15, -0.1) is 5.10 Å². The van der Waals surface area contributed by atoms with Crippen LogP contribution in [0.3, 0.4) is 0 Å². The summed E-state index contributed by atoms with van der Waals surface area (Å²) >= 11 is 0. The molecule has 0 N–H and O–H groups in total. The van der Waals surface area contributed by atoms with Crippen molar-refractivity contribution >= 4 is 5.91 Å². The van der Waals surface area contributed by atoms with Crippen molar-refractivity contribution in [2.24, 2.45) is 5.92 Å². The van der Waals surface area contributed by atoms with Crippen LogP contribution < -0.4 is 5.56 Å². The van der Waals surface area contributed by atoms with Crippen molar-refractivity contribution in [3.05, 3.63) is 40.9 Å². The topological polar surface area (TPSA) is 85.5 Å². The van der Waals surface area contributed by atoms with Crippen molar-refractivity contribution in [1.82, 2.24) is 29.4 Å². The Kier molecular flexibility index (Phi) is 5.30. The predicted molar refractivity (Wildman–Crippen MR) is 97.6 cm³/mol. The van der Waals surface area contributed by atoms with Gasteiger partial charge in [0.25, 0.3) is 5.56 Å². The number of rotatable bonds is 5. The maximum absolute atomic E-state index is 12.4. The van der Waals surface area contributed by atoms with Gasteiger partial charge in [-0.05, 0) is 18.6 Å². The van der Waals surface area contributed by atoms with Crippen LogP contribution in [0.15, 0.2) is 35.4 Å². The molecular weight excluding hydrogens is 348 g/mol. The van der Waals surface area contributed by atoms with Gasteiger partial charge in [0, 0.05) is 57.8 Å². The first-order chi connectivity index (χ1) is 13.2. The van der Waals surface area contributed by atoms with E-state index >= 15 is 0 Å². The molecule has 2 aromatic rings. The van der Waals surface area contributed by atoms with Crippen molar-refractivity contribution in [2.75, 3.05) is 45.9 Å². The highest BCUT2D eigenvalue weighted by Gasteiger charge is 2.29. The van der Waals surface area contributed by atoms with E-state index in [0.717, 1.165) is 39.1 Å². The summed E-state index contributed by atoms with van der Waals surface area (Å²) in [5.41, 5.74) is -0.124. The second kappa shape index (κ2) is 8.01. The summed E-state index contributed by atoms with van der Waals surface area (Å²) in [4.78, 5) is 28.7. The Balaban J connectivity index is 1.30. The Labute approximate surface area is 157 Å². The summed E-state index contributed by atoms with van der Waals surface area (Å²) in [5.74, 6) is 0.870. The number of nitrogens with zero attached hydrogens (tertiary/aromatic N) is 6. The molecule has 0 spiro atoms. The van der Waals surface area contributed by atoms with Crippen molar-refractivity contribution in [3.63, 3.8) is 0 Å². The van der Waals surface area contributed by atoms with E-state index in [1.807, 2.05) is 11.0 Å². The lowest BCUT2D eigenvalue weighted by molar-refractivity contribution is -0.137. The first kappa shape index (κ1) is 17.9. The van der Waals surface area contributed by atoms with Crippen molar-refractivity contribution in [3.8, 4) is 5.82 Å². The van der Waals surface area contributed by atoms with E-state index in [-0.39, 0.29) is 17.4 Å². The number of aromatic nitrogens is 4. The molecule has 9 heteroatoms. The third-order valence-corrected chi connectivity index (χ3v) is 5.18. The summed E-state index contributed by atoms with van der Waals surface area (Å²) in [6.07, 6.45) is 4.30. The van der Waals surface area contributed by atoms with E-state index in [0.29, 0.717) is 25.6 Å². The van der Waals surface area contributed by atoms with Gasteiger partial charge in [0.2, 0.25) is 5.91 Å². The summed E-state index contributed by atoms with van der Waals surface area (Å²) < 4.78 is 8.43. The Bertz CT molecular complexity index is 820. The Hall–Kier alpha value is -2.52. The molecule has 1 unspecified atom stereocenters. The fraction of sp³-hybridized carbons (Fsp3) is 0.556. The van der Waals surface area contributed by atoms with Crippen LogP contribution in [0.4, 0.5) is 0 Å². The third kappa shape index (κ3) is 4.09. The molecule has 1 atom stereocenters. The minimum Gasteiger partial charge on any atom is -0.381 e. The Morgan fingerprint density at radius 1 is 1.19 bits per heavy atom. The molecule has 0 bridgehead atoms. The average molecular weight is 372 g/mol. The van der Waals surface area contributed by atoms with E-state index in [1.54, 1.807) is 23.1 Å². The van der Waals surface area contributed by atoms with Crippen LogP contribution in [0.1, 0.15) is 6.42 Å². The molecule has 0 aliphatic carbocycles. The fourth-order valence-corrected chi connectivity index (χ4v) is 3.54. The average Bonchev–Trinajstić information content (AvgIpc) is 3.41. The summed E-state index contributed by atoms with van der Waals surface area (Å²) in [6, 6.07) is 5.00. The predicted octanol–water partition coefficient (Wildman–Crippen LogP) is -0.390. The van der Waals surface area contributed by atoms with Crippen molar-refractivity contribution in [2.45, 2.75) is 13.0 Å². The van der Waals surface area contributed by atoms with Gasteiger partial charge in [-0.25, -0.2) is 9.36 Å². The second-order valence-corrected chi connectivity index (χ2v) is 6.93. The minimum absolute atomic E-state index is 0.0318. The van der Waals surface area contributed by atoms with Gasteiger partial charge in [-0.1, -0.05) is 0 Å². The molecular formula is C18H24N6O3. The van der Waals surface area contributed by atoms with Crippen LogP contribution in [0, 0.1) is 5.92 Å². The molecule has 0 radical (unpaired) electrons. The maximum Gasteiger partial charge on any atom is 0.266 e. The number of amides is 1. The zero-order chi connectivity index (χ0) is 18.6. The Morgan fingerprint density at radius 3 is 2.74 bits per heavy atom. The number of piperazine rings is 1. The molecule has 9 nitrogen and oxygen atoms in total. The fourth-order valence-electron chi connectivity index (χ4n) is 3.54. The number of hydrogen-bond acceptors (Lipinski definition) is 6. The zero-order valence-corrected chi connectivity index (χ0v) is 15.2. The molecule has 2 saturated heterocycles. The third-order valence-electron chi connectivity index (χ3n) is 5.18. The number of carbonyl (C=O) groups is 1. The molecule has 0 saturated carbocycles. The van der Waals surface area contributed by atoms with Crippen molar-refractivity contribution < 1.29 is 9.53 Å². The highest BCUT2D eigenvalue weighted by molar-refractivity contribution is 5.79. The summed E-state index contributed by atoms with van der Waals surface area (Å²) in [7, 11) is 0. The van der Waals surface area contributed by atoms with Crippen molar-refractivity contribution in [1.29, 1.82) is 0 Å². The SMILES string of the molecule is O=C(C1CCOC1)N1CCN(CCn2nc(-n3cccn3)ccc2=O)CC1. The van der Waals surface area contributed by atoms with E-state index < -0.39 is 0 Å². The lowest BCUT2D eigenvalue weighted by atomic mass is 10.1. The van der Waals surface area contributed by atoms with Gasteiger partial charge in [0.15, 0.2) is 5.82 Å². The second-order valence-electron chi connectivity index (χ2n) is 6.93. The molecule has 4 rings (SSSR count). The van der Waals surface area contributed by atoms with E-state index in [2.05, 4.69) is 15.1 Å². The van der Waals surface area contributed by atoms with Crippen LogP contribution in [0.25, 0.3) is 5.82 Å². The van der Waals surface area contributed by atoms with Gasteiger partial charge in [-0.2, -0.15) is 5.10 Å². The first-order valence-corrected chi connectivity index (χ1v) is 9.38. The smallest absolute Gasteiger partial charge is 0.266 e. The van der Waals surface area contributed by atoms with E-state index in [1.165, 1.54) is 10.7 Å². The molecule has 0 aromatic carbocycles. The zero-order valence-electron chi connectivity index (χ0n) is 15.2. The first-order valence-electron chi connectivity index (χ1n) is 9.38. The molecule has 2 aliphatic heterocycles. The van der Waals surface area contributed by atoms with E-state index in [9.17, 15) is 9.59 Å². The highest BCUT2D eigenvalue weighted by atomic mass is 16.5. The molecule has 27 heavy (non-hydrogen) atoms. The van der Waals surface area contributed by atoms with Gasteiger partial charge in [0.1, 0.15) is 0 Å². The number of hydrogen-bond donors (Lipinski definition) is 0. The highest BCUT2D eigenvalue weighted by Crippen LogP contribution is 2.16. The summed E-state index contributed by atoms with van der Waals surface area (Å²) in [5, 5.41) is 8.54. The monoisotopic (exact) mass is 372 g/mol. The summed E-state index contributed by atoms with van der Waals surface area (Å²) in [6.45, 7) is 5.56. The van der Waals surface area contributed by atoms with Gasteiger partial charge >= 0.3 is 0 Å². The molecule has 2 fully saturated rings. The van der Waals surface area contributed by atoms with Crippen LogP contribution in [-0.4, -0.2) is 81.2 Å². The van der Waals surface area contributed by atoms with E-state index in [4.69, 9.17) is 4.74 Å². The number of ether oxygens (including phenoxy) is 1. The van der Waals surface area contributed by atoms with Crippen LogP contribution in [0.2, 0.25) is 0 Å². The molecule has 2 aromatic heterocycles. The normalized spacial score (nSPS) is 20.9.